The fraction of sp³-hybridized carbons (Fsp3) is 0.0714. The van der Waals surface area contributed by atoms with Gasteiger partial charge in [0.2, 0.25) is 0 Å². The maximum absolute atomic E-state index is 13.2. The molecule has 0 saturated heterocycles. The highest BCUT2D eigenvalue weighted by Gasteiger charge is 2.11. The molecular weight excluding hydrogens is 249 g/mol. The van der Waals surface area contributed by atoms with Crippen LogP contribution in [0.1, 0.15) is 0 Å². The van der Waals surface area contributed by atoms with Crippen LogP contribution in [0.2, 0.25) is 0 Å². The average molecular weight is 259 g/mol. The Labute approximate surface area is 108 Å². The van der Waals surface area contributed by atoms with E-state index in [4.69, 9.17) is 4.74 Å². The number of fused-ring (bicyclic) bond motifs is 1. The molecular formula is C14H10FNOS. The van der Waals surface area contributed by atoms with Crippen LogP contribution >= 0.6 is 11.3 Å². The van der Waals surface area contributed by atoms with E-state index in [2.05, 4.69) is 4.98 Å². The molecule has 2 nitrogen and oxygen atoms in total. The summed E-state index contributed by atoms with van der Waals surface area (Å²) in [7, 11) is 1.53. The molecule has 0 amide bonds. The number of hydrogen-bond donors (Lipinski definition) is 0. The Morgan fingerprint density at radius 3 is 2.78 bits per heavy atom. The highest BCUT2D eigenvalue weighted by Crippen LogP contribution is 2.35. The van der Waals surface area contributed by atoms with Crippen molar-refractivity contribution in [3.05, 3.63) is 48.3 Å². The Bertz CT molecular complexity index is 675. The first-order valence-corrected chi connectivity index (χ1v) is 6.29. The number of rotatable bonds is 2. The van der Waals surface area contributed by atoms with Gasteiger partial charge in [0.25, 0.3) is 0 Å². The quantitative estimate of drug-likeness (QED) is 0.691. The maximum atomic E-state index is 13.2. The second-order valence-electron chi connectivity index (χ2n) is 3.83. The fourth-order valence-corrected chi connectivity index (χ4v) is 2.82. The highest BCUT2D eigenvalue weighted by atomic mass is 32.1. The molecule has 0 aliphatic heterocycles. The smallest absolute Gasteiger partial charge is 0.132 e. The second-order valence-corrected chi connectivity index (χ2v) is 4.86. The normalized spacial score (nSPS) is 10.8. The topological polar surface area (TPSA) is 22.1 Å². The monoisotopic (exact) mass is 259 g/mol. The van der Waals surface area contributed by atoms with Crippen molar-refractivity contribution in [2.45, 2.75) is 0 Å². The molecule has 90 valence electrons. The van der Waals surface area contributed by atoms with Crippen molar-refractivity contribution < 1.29 is 9.13 Å². The largest absolute Gasteiger partial charge is 0.496 e. The van der Waals surface area contributed by atoms with Gasteiger partial charge < -0.3 is 4.74 Å². The van der Waals surface area contributed by atoms with Gasteiger partial charge in [0.15, 0.2) is 0 Å². The fourth-order valence-electron chi connectivity index (χ4n) is 1.83. The van der Waals surface area contributed by atoms with Gasteiger partial charge in [0.1, 0.15) is 16.6 Å². The van der Waals surface area contributed by atoms with Crippen LogP contribution in [-0.2, 0) is 0 Å². The van der Waals surface area contributed by atoms with Crippen LogP contribution in [0.4, 0.5) is 4.39 Å². The Morgan fingerprint density at radius 2 is 2.00 bits per heavy atom. The molecule has 3 rings (SSSR count). The summed E-state index contributed by atoms with van der Waals surface area (Å²) in [5.74, 6) is 0.200. The van der Waals surface area contributed by atoms with Crippen LogP contribution in [-0.4, -0.2) is 12.1 Å². The van der Waals surface area contributed by atoms with Crippen LogP contribution < -0.4 is 4.74 Å². The van der Waals surface area contributed by atoms with Gasteiger partial charge in [-0.1, -0.05) is 12.1 Å². The zero-order valence-electron chi connectivity index (χ0n) is 9.68. The summed E-state index contributed by atoms with van der Waals surface area (Å²) >= 11 is 1.57. The minimum absolute atomic E-state index is 0.309. The van der Waals surface area contributed by atoms with E-state index in [9.17, 15) is 4.39 Å². The predicted octanol–water partition coefficient (Wildman–Crippen LogP) is 4.11. The van der Waals surface area contributed by atoms with Crippen molar-refractivity contribution in [3.8, 4) is 16.3 Å². The first kappa shape index (κ1) is 11.2. The number of para-hydroxylation sites is 1. The van der Waals surface area contributed by atoms with E-state index in [0.717, 1.165) is 20.8 Å². The molecule has 2 aromatic carbocycles. The van der Waals surface area contributed by atoms with Crippen LogP contribution in [0, 0.1) is 5.82 Å². The third-order valence-corrected chi connectivity index (χ3v) is 3.76. The highest BCUT2D eigenvalue weighted by molar-refractivity contribution is 7.21. The van der Waals surface area contributed by atoms with Gasteiger partial charge in [-0.05, 0) is 24.3 Å². The molecule has 0 radical (unpaired) electrons. The van der Waals surface area contributed by atoms with Crippen LogP contribution in [0.15, 0.2) is 42.5 Å². The Kier molecular flexibility index (Phi) is 2.72. The van der Waals surface area contributed by atoms with Gasteiger partial charge >= 0.3 is 0 Å². The zero-order valence-corrected chi connectivity index (χ0v) is 10.5. The van der Waals surface area contributed by atoms with Gasteiger partial charge in [-0.25, -0.2) is 9.37 Å². The molecule has 0 unspecified atom stereocenters. The summed E-state index contributed by atoms with van der Waals surface area (Å²) in [4.78, 5) is 4.54. The lowest BCUT2D eigenvalue weighted by Crippen LogP contribution is -1.88. The Balaban J connectivity index is 2.19. The molecule has 0 aliphatic rings. The van der Waals surface area contributed by atoms with Gasteiger partial charge in [0, 0.05) is 6.07 Å². The first-order chi connectivity index (χ1) is 8.78. The number of thiazole rings is 1. The van der Waals surface area contributed by atoms with Crippen LogP contribution in [0.5, 0.6) is 5.75 Å². The van der Waals surface area contributed by atoms with E-state index < -0.39 is 0 Å². The number of ether oxygens (including phenoxy) is 1. The molecule has 4 heteroatoms. The molecule has 0 saturated carbocycles. The molecule has 0 fully saturated rings. The second kappa shape index (κ2) is 4.38. The van der Waals surface area contributed by atoms with Gasteiger partial charge in [-0.2, -0.15) is 0 Å². The van der Waals surface area contributed by atoms with Crippen molar-refractivity contribution in [2.24, 2.45) is 0 Å². The molecule has 1 aromatic heterocycles. The lowest BCUT2D eigenvalue weighted by atomic mass is 10.2. The number of aromatic nitrogens is 1. The lowest BCUT2D eigenvalue weighted by Gasteiger charge is -2.05. The maximum Gasteiger partial charge on any atom is 0.132 e. The first-order valence-electron chi connectivity index (χ1n) is 5.47. The third kappa shape index (κ3) is 1.84. The molecule has 3 aromatic rings. The summed E-state index contributed by atoms with van der Waals surface area (Å²) in [6, 6.07) is 12.4. The molecule has 0 bridgehead atoms. The van der Waals surface area contributed by atoms with Gasteiger partial charge in [-0.15, -0.1) is 11.3 Å². The van der Waals surface area contributed by atoms with Gasteiger partial charge in [0.05, 0.1) is 22.9 Å². The average Bonchev–Trinajstić information content (AvgIpc) is 2.82. The number of hydrogen-bond acceptors (Lipinski definition) is 3. The SMILES string of the molecule is COc1cc(F)ccc1-c1nc2ccccc2s1. The van der Waals surface area contributed by atoms with E-state index in [1.165, 1.54) is 19.2 Å². The number of benzene rings is 2. The van der Waals surface area contributed by atoms with Crippen molar-refractivity contribution in [2.75, 3.05) is 7.11 Å². The molecule has 1 heterocycles. The van der Waals surface area contributed by atoms with Crippen LogP contribution in [0.25, 0.3) is 20.8 Å². The standard InChI is InChI=1S/C14H10FNOS/c1-17-12-8-9(15)6-7-10(12)14-16-11-4-2-3-5-13(11)18-14/h2-8H,1H3. The molecule has 0 spiro atoms. The third-order valence-electron chi connectivity index (χ3n) is 2.69. The molecule has 18 heavy (non-hydrogen) atoms. The number of methoxy groups -OCH3 is 1. The summed E-state index contributed by atoms with van der Waals surface area (Å²) in [6.45, 7) is 0. The molecule has 0 N–H and O–H groups in total. The van der Waals surface area contributed by atoms with Crippen molar-refractivity contribution in [1.82, 2.24) is 4.98 Å². The summed E-state index contributed by atoms with van der Waals surface area (Å²) in [5, 5.41) is 0.841. The minimum atomic E-state index is -0.309. The van der Waals surface area contributed by atoms with E-state index >= 15 is 0 Å². The lowest BCUT2D eigenvalue weighted by molar-refractivity contribution is 0.413. The Morgan fingerprint density at radius 1 is 1.17 bits per heavy atom. The number of halogens is 1. The zero-order chi connectivity index (χ0) is 12.5. The molecule has 0 atom stereocenters. The number of nitrogens with zero attached hydrogens (tertiary/aromatic N) is 1. The molecule has 0 aliphatic carbocycles. The van der Waals surface area contributed by atoms with Crippen molar-refractivity contribution in [1.29, 1.82) is 0 Å². The van der Waals surface area contributed by atoms with E-state index in [1.807, 2.05) is 24.3 Å². The van der Waals surface area contributed by atoms with Crippen molar-refractivity contribution in [3.63, 3.8) is 0 Å². The summed E-state index contributed by atoms with van der Waals surface area (Å²) in [6.07, 6.45) is 0. The van der Waals surface area contributed by atoms with Gasteiger partial charge in [-0.3, -0.25) is 0 Å². The minimum Gasteiger partial charge on any atom is -0.496 e. The van der Waals surface area contributed by atoms with Crippen molar-refractivity contribution >= 4 is 21.6 Å². The predicted molar refractivity (Wildman–Crippen MR) is 71.6 cm³/mol. The van der Waals surface area contributed by atoms with E-state index in [0.29, 0.717) is 5.75 Å². The summed E-state index contributed by atoms with van der Waals surface area (Å²) < 4.78 is 19.5. The Hall–Kier alpha value is -1.94. The van der Waals surface area contributed by atoms with E-state index in [1.54, 1.807) is 17.4 Å². The van der Waals surface area contributed by atoms with E-state index in [-0.39, 0.29) is 5.82 Å². The summed E-state index contributed by atoms with van der Waals surface area (Å²) in [5.41, 5.74) is 1.77. The van der Waals surface area contributed by atoms with Crippen LogP contribution in [0.3, 0.4) is 0 Å².